The molecule has 0 radical (unpaired) electrons. The first-order valence-corrected chi connectivity index (χ1v) is 4.43. The van der Waals surface area contributed by atoms with Gasteiger partial charge >= 0.3 is 0 Å². The van der Waals surface area contributed by atoms with Crippen LogP contribution in [0.5, 0.6) is 0 Å². The van der Waals surface area contributed by atoms with Gasteiger partial charge in [-0.15, -0.1) is 5.10 Å². The molecule has 15 heavy (non-hydrogen) atoms. The van der Waals surface area contributed by atoms with Gasteiger partial charge in [-0.3, -0.25) is 0 Å². The predicted octanol–water partition coefficient (Wildman–Crippen LogP) is 0.324. The fourth-order valence-corrected chi connectivity index (χ4v) is 1.61. The van der Waals surface area contributed by atoms with Crippen LogP contribution < -0.4 is 0 Å². The molecule has 0 saturated carbocycles. The van der Waals surface area contributed by atoms with Gasteiger partial charge in [0.15, 0.2) is 0 Å². The van der Waals surface area contributed by atoms with Crippen LogP contribution in [-0.4, -0.2) is 30.3 Å². The minimum Gasteiger partial charge on any atom is -0.374 e. The molecular formula is C9H7N5O. The van der Waals surface area contributed by atoms with Crippen molar-refractivity contribution in [3.05, 3.63) is 24.5 Å². The van der Waals surface area contributed by atoms with Crippen LogP contribution in [0.1, 0.15) is 0 Å². The van der Waals surface area contributed by atoms with Gasteiger partial charge in [0.25, 0.3) is 0 Å². The maximum atomic E-state index is 9.03. The minimum atomic E-state index is -0.180. The summed E-state index contributed by atoms with van der Waals surface area (Å²) in [6.45, 7) is -0.180. The number of hydrogen-bond acceptors (Lipinski definition) is 5. The molecule has 6 nitrogen and oxygen atoms in total. The highest BCUT2D eigenvalue weighted by Gasteiger charge is 2.07. The number of aliphatic hydroxyl groups excluding tert-OH is 1. The van der Waals surface area contributed by atoms with Crippen molar-refractivity contribution in [1.29, 1.82) is 0 Å². The highest BCUT2D eigenvalue weighted by molar-refractivity contribution is 6.02. The van der Waals surface area contributed by atoms with E-state index >= 15 is 0 Å². The van der Waals surface area contributed by atoms with E-state index in [1.165, 1.54) is 4.68 Å². The summed E-state index contributed by atoms with van der Waals surface area (Å²) in [5, 5.41) is 26.3. The summed E-state index contributed by atoms with van der Waals surface area (Å²) >= 11 is 0. The molecule has 2 aromatic heterocycles. The molecule has 0 fully saturated rings. The Labute approximate surface area is 84.2 Å². The third kappa shape index (κ3) is 1.08. The summed E-state index contributed by atoms with van der Waals surface area (Å²) < 4.78 is 1.43. The van der Waals surface area contributed by atoms with Crippen LogP contribution in [-0.2, 0) is 6.73 Å². The minimum absolute atomic E-state index is 0.180. The number of aromatic nitrogens is 5. The molecule has 0 atom stereocenters. The van der Waals surface area contributed by atoms with Crippen LogP contribution in [0.15, 0.2) is 24.5 Å². The van der Waals surface area contributed by atoms with Gasteiger partial charge in [-0.05, 0) is 6.07 Å². The molecule has 0 aliphatic heterocycles. The molecule has 3 aromatic rings. The van der Waals surface area contributed by atoms with Gasteiger partial charge in [-0.25, -0.2) is 4.68 Å². The second-order valence-electron chi connectivity index (χ2n) is 3.16. The van der Waals surface area contributed by atoms with Gasteiger partial charge in [-0.1, -0.05) is 11.3 Å². The van der Waals surface area contributed by atoms with Gasteiger partial charge in [-0.2, -0.15) is 10.2 Å². The Hall–Kier alpha value is -2.08. The maximum Gasteiger partial charge on any atom is 0.138 e. The number of nitrogens with zero attached hydrogens (tertiary/aromatic N) is 5. The molecule has 0 bridgehead atoms. The molecule has 0 aliphatic rings. The molecule has 0 spiro atoms. The molecule has 1 aromatic carbocycles. The van der Waals surface area contributed by atoms with Crippen LogP contribution in [0, 0.1) is 0 Å². The Kier molecular flexibility index (Phi) is 1.63. The van der Waals surface area contributed by atoms with Crippen molar-refractivity contribution in [2.45, 2.75) is 6.73 Å². The first-order chi connectivity index (χ1) is 7.40. The van der Waals surface area contributed by atoms with Crippen molar-refractivity contribution >= 4 is 21.8 Å². The zero-order valence-corrected chi connectivity index (χ0v) is 7.70. The standard InChI is InChI=1S/C9H7N5O/c15-5-14-8-2-1-6-3-10-11-4-7(6)9(8)12-13-14/h1-4,15H,5H2. The van der Waals surface area contributed by atoms with Crippen molar-refractivity contribution in [2.24, 2.45) is 0 Å². The van der Waals surface area contributed by atoms with Crippen molar-refractivity contribution in [1.82, 2.24) is 25.2 Å². The van der Waals surface area contributed by atoms with Gasteiger partial charge in [0.05, 0.1) is 17.9 Å². The van der Waals surface area contributed by atoms with Crippen LogP contribution in [0.2, 0.25) is 0 Å². The lowest BCUT2D eigenvalue weighted by molar-refractivity contribution is 0.197. The fraction of sp³-hybridized carbons (Fsp3) is 0.111. The van der Waals surface area contributed by atoms with Gasteiger partial charge in [0, 0.05) is 10.8 Å². The van der Waals surface area contributed by atoms with E-state index in [0.717, 1.165) is 21.8 Å². The summed E-state index contributed by atoms with van der Waals surface area (Å²) in [4.78, 5) is 0. The van der Waals surface area contributed by atoms with E-state index in [0.29, 0.717) is 0 Å². The Balaban J connectivity index is 2.50. The maximum absolute atomic E-state index is 9.03. The summed E-state index contributed by atoms with van der Waals surface area (Å²) in [7, 11) is 0. The van der Waals surface area contributed by atoms with E-state index in [1.807, 2.05) is 12.1 Å². The Morgan fingerprint density at radius 1 is 1.20 bits per heavy atom. The van der Waals surface area contributed by atoms with E-state index in [2.05, 4.69) is 20.5 Å². The monoisotopic (exact) mass is 201 g/mol. The highest BCUT2D eigenvalue weighted by atomic mass is 16.3. The lowest BCUT2D eigenvalue weighted by Crippen LogP contribution is -1.98. The summed E-state index contributed by atoms with van der Waals surface area (Å²) in [5.74, 6) is 0. The lowest BCUT2D eigenvalue weighted by atomic mass is 10.2. The number of aliphatic hydroxyl groups is 1. The third-order valence-electron chi connectivity index (χ3n) is 2.34. The second-order valence-corrected chi connectivity index (χ2v) is 3.16. The Morgan fingerprint density at radius 2 is 2.07 bits per heavy atom. The molecule has 0 saturated heterocycles. The quantitative estimate of drug-likeness (QED) is 0.613. The van der Waals surface area contributed by atoms with Gasteiger partial charge in [0.2, 0.25) is 0 Å². The van der Waals surface area contributed by atoms with Crippen molar-refractivity contribution in [3.63, 3.8) is 0 Å². The topological polar surface area (TPSA) is 76.7 Å². The normalized spacial score (nSPS) is 11.3. The molecule has 0 amide bonds. The average Bonchev–Trinajstić information content (AvgIpc) is 2.72. The van der Waals surface area contributed by atoms with Crippen LogP contribution in [0.25, 0.3) is 21.8 Å². The third-order valence-corrected chi connectivity index (χ3v) is 2.34. The van der Waals surface area contributed by atoms with E-state index in [9.17, 15) is 0 Å². The number of hydrogen-bond donors (Lipinski definition) is 1. The van der Waals surface area contributed by atoms with E-state index in [-0.39, 0.29) is 6.73 Å². The van der Waals surface area contributed by atoms with Gasteiger partial charge < -0.3 is 5.11 Å². The lowest BCUT2D eigenvalue weighted by Gasteiger charge is -1.97. The highest BCUT2D eigenvalue weighted by Crippen LogP contribution is 2.21. The van der Waals surface area contributed by atoms with Gasteiger partial charge in [0.1, 0.15) is 12.2 Å². The van der Waals surface area contributed by atoms with Crippen molar-refractivity contribution in [3.8, 4) is 0 Å². The summed E-state index contributed by atoms with van der Waals surface area (Å²) in [5.41, 5.74) is 1.52. The van der Waals surface area contributed by atoms with Crippen molar-refractivity contribution in [2.75, 3.05) is 0 Å². The molecule has 6 heteroatoms. The first kappa shape index (κ1) is 8.25. The largest absolute Gasteiger partial charge is 0.374 e. The average molecular weight is 201 g/mol. The number of benzene rings is 1. The van der Waals surface area contributed by atoms with E-state index < -0.39 is 0 Å². The predicted molar refractivity (Wildman–Crippen MR) is 52.8 cm³/mol. The van der Waals surface area contributed by atoms with Crippen LogP contribution >= 0.6 is 0 Å². The summed E-state index contributed by atoms with van der Waals surface area (Å²) in [6.07, 6.45) is 3.32. The first-order valence-electron chi connectivity index (χ1n) is 4.43. The second kappa shape index (κ2) is 2.96. The molecule has 0 unspecified atom stereocenters. The number of fused-ring (bicyclic) bond motifs is 3. The molecule has 3 rings (SSSR count). The van der Waals surface area contributed by atoms with Crippen LogP contribution in [0.4, 0.5) is 0 Å². The zero-order chi connectivity index (χ0) is 10.3. The van der Waals surface area contributed by atoms with E-state index in [4.69, 9.17) is 5.11 Å². The summed E-state index contributed by atoms with van der Waals surface area (Å²) in [6, 6.07) is 3.76. The number of rotatable bonds is 1. The molecule has 0 aliphatic carbocycles. The Bertz CT molecular complexity index is 633. The zero-order valence-electron chi connectivity index (χ0n) is 7.70. The SMILES string of the molecule is OCn1nnc2c3cnncc3ccc21. The Morgan fingerprint density at radius 3 is 2.93 bits per heavy atom. The van der Waals surface area contributed by atoms with Crippen LogP contribution in [0.3, 0.4) is 0 Å². The molecule has 74 valence electrons. The molecule has 1 N–H and O–H groups in total. The fourth-order valence-electron chi connectivity index (χ4n) is 1.61. The smallest absolute Gasteiger partial charge is 0.138 e. The molecule has 2 heterocycles. The van der Waals surface area contributed by atoms with E-state index in [1.54, 1.807) is 12.4 Å². The molecular weight excluding hydrogens is 194 g/mol. The van der Waals surface area contributed by atoms with Crippen molar-refractivity contribution < 1.29 is 5.11 Å².